The molecule has 0 spiro atoms. The fourth-order valence-electron chi connectivity index (χ4n) is 9.13. The van der Waals surface area contributed by atoms with Crippen molar-refractivity contribution in [3.05, 3.63) is 135 Å². The summed E-state index contributed by atoms with van der Waals surface area (Å²) in [5.41, 5.74) is 9.71. The Kier molecular flexibility index (Phi) is 19.7. The van der Waals surface area contributed by atoms with Gasteiger partial charge in [-0.15, -0.1) is 93.9 Å². The standard InChI is InChI=1S/2C25H31Si.2CH3.2ClH.Si.Zr/c2*1-5-25(14-7-15-25)18-19-16-21-8-6-9-23(24(21)17-19)20-10-12-22(13-11-20)26(2,3)4;;;;;;/h2*6,8-13,16-17H,5,7,14-15,18H2,1-4H3;2*1H3;2*1H;;/q4*-1;;;;. The van der Waals surface area contributed by atoms with E-state index in [1.165, 1.54) is 153 Å². The second-order valence-corrected chi connectivity index (χ2v) is 28.9. The molecule has 312 valence electrons. The minimum absolute atomic E-state index is 0. The summed E-state index contributed by atoms with van der Waals surface area (Å²) < 4.78 is 0. The summed E-state index contributed by atoms with van der Waals surface area (Å²) in [6.07, 6.45) is 13.6. The molecule has 0 nitrogen and oxygen atoms in total. The summed E-state index contributed by atoms with van der Waals surface area (Å²) in [6.45, 7) is 22.3. The van der Waals surface area contributed by atoms with Gasteiger partial charge in [0.2, 0.25) is 0 Å². The summed E-state index contributed by atoms with van der Waals surface area (Å²) in [6, 6.07) is 42.1. The molecule has 0 bridgehead atoms. The van der Waals surface area contributed by atoms with Gasteiger partial charge in [-0.25, -0.2) is 0 Å². The Morgan fingerprint density at radius 2 is 0.862 bits per heavy atom. The Labute approximate surface area is 385 Å². The van der Waals surface area contributed by atoms with Crippen LogP contribution in [0.1, 0.15) is 76.3 Å². The topological polar surface area (TPSA) is 0 Å². The number of fused-ring (bicyclic) bond motifs is 2. The molecule has 0 atom stereocenters. The number of rotatable bonds is 10. The molecule has 2 fully saturated rings. The van der Waals surface area contributed by atoms with Crippen LogP contribution in [0.2, 0.25) is 39.3 Å². The predicted octanol–water partition coefficient (Wildman–Crippen LogP) is 15.1. The molecule has 0 saturated heterocycles. The summed E-state index contributed by atoms with van der Waals surface area (Å²) in [5.74, 6) is 0. The predicted molar refractivity (Wildman–Crippen MR) is 270 cm³/mol. The number of halogens is 2. The Morgan fingerprint density at radius 3 is 1.12 bits per heavy atom. The van der Waals surface area contributed by atoms with E-state index in [1.54, 1.807) is 0 Å². The summed E-state index contributed by atoms with van der Waals surface area (Å²) in [5, 5.41) is 8.72. The van der Waals surface area contributed by atoms with Crippen molar-refractivity contribution >= 4 is 79.8 Å². The van der Waals surface area contributed by atoms with Crippen molar-refractivity contribution in [2.24, 2.45) is 10.8 Å². The molecule has 2 radical (unpaired) electrons. The molecule has 0 unspecified atom stereocenters. The van der Waals surface area contributed by atoms with Crippen LogP contribution in [0.15, 0.2) is 109 Å². The molecule has 0 N–H and O–H groups in total. The van der Waals surface area contributed by atoms with Crippen LogP contribution >= 0.6 is 24.8 Å². The van der Waals surface area contributed by atoms with E-state index in [0.29, 0.717) is 10.8 Å². The average Bonchev–Trinajstić information content (AvgIpc) is 3.75. The third-order valence-corrected chi connectivity index (χ3v) is 17.4. The molecule has 2 saturated carbocycles. The quantitative estimate of drug-likeness (QED) is 0.0948. The summed E-state index contributed by atoms with van der Waals surface area (Å²) >= 11 is 1.36. The van der Waals surface area contributed by atoms with E-state index < -0.39 is 16.1 Å². The molecule has 6 aromatic carbocycles. The van der Waals surface area contributed by atoms with Crippen LogP contribution in [0.4, 0.5) is 0 Å². The normalized spacial score (nSPS) is 14.9. The van der Waals surface area contributed by atoms with Gasteiger partial charge >= 0.3 is 30.2 Å². The Bertz CT molecular complexity index is 1990. The van der Waals surface area contributed by atoms with Crippen LogP contribution in [0.5, 0.6) is 0 Å². The van der Waals surface area contributed by atoms with Gasteiger partial charge in [-0.2, -0.15) is 12.1 Å². The van der Waals surface area contributed by atoms with E-state index in [9.17, 15) is 0 Å². The van der Waals surface area contributed by atoms with Crippen molar-refractivity contribution in [1.82, 2.24) is 0 Å². The second kappa shape index (κ2) is 21.8. The van der Waals surface area contributed by atoms with Crippen LogP contribution in [0.25, 0.3) is 43.8 Å². The van der Waals surface area contributed by atoms with Gasteiger partial charge in [0.15, 0.2) is 0 Å². The zero-order valence-corrected chi connectivity index (χ0v) is 44.4. The van der Waals surface area contributed by atoms with E-state index in [0.717, 1.165) is 0 Å². The summed E-state index contributed by atoms with van der Waals surface area (Å²) in [7, 11) is -2.47. The Balaban J connectivity index is 0.000000360. The van der Waals surface area contributed by atoms with Gasteiger partial charge in [-0.1, -0.05) is 161 Å². The fraction of sp³-hybridized carbons (Fsp3) is 0.385. The van der Waals surface area contributed by atoms with Gasteiger partial charge in [0.25, 0.3) is 0 Å². The van der Waals surface area contributed by atoms with Gasteiger partial charge in [0.05, 0.1) is 16.1 Å². The van der Waals surface area contributed by atoms with Crippen LogP contribution in [-0.2, 0) is 36.2 Å². The van der Waals surface area contributed by atoms with Gasteiger partial charge in [-0.3, -0.25) is 0 Å². The molecule has 0 heterocycles. The molecule has 8 rings (SSSR count). The molecule has 0 aromatic heterocycles. The van der Waals surface area contributed by atoms with Crippen molar-refractivity contribution in [3.8, 4) is 22.3 Å². The fourth-order valence-corrected chi connectivity index (χ4v) is 11.5. The SMILES string of the molecule is CCC1(Cc2cc3c(-c4ccc([Si](C)(C)C)cc4)cccc3[cH-]2)CCC1.CCC1(Cc2cc3c(-c4ccc([Si](C)(C)C)cc4)cccc3[cH-]2)CCC1.Cl.Cl.[CH3-].[CH3-].[Si]=[Zr]. The van der Waals surface area contributed by atoms with E-state index >= 15 is 0 Å². The van der Waals surface area contributed by atoms with E-state index in [1.807, 2.05) is 0 Å². The van der Waals surface area contributed by atoms with Crippen molar-refractivity contribution in [2.75, 3.05) is 0 Å². The molecule has 0 aliphatic heterocycles. The molecular formula is C52H70Cl2Si3Zr-4. The molecule has 6 aromatic rings. The zero-order chi connectivity index (χ0) is 38.7. The Hall–Kier alpha value is -1.79. The van der Waals surface area contributed by atoms with Crippen LogP contribution < -0.4 is 10.4 Å². The van der Waals surface area contributed by atoms with Crippen molar-refractivity contribution < 1.29 is 23.3 Å². The molecule has 58 heavy (non-hydrogen) atoms. The third-order valence-electron chi connectivity index (χ3n) is 13.2. The molecule has 6 heteroatoms. The van der Waals surface area contributed by atoms with Gasteiger partial charge in [0, 0.05) is 0 Å². The van der Waals surface area contributed by atoms with Crippen LogP contribution in [-0.4, -0.2) is 23.0 Å². The van der Waals surface area contributed by atoms with Gasteiger partial charge in [0.1, 0.15) is 0 Å². The molecule has 2 aliphatic carbocycles. The first-order chi connectivity index (χ1) is 25.8. The van der Waals surface area contributed by atoms with E-state index in [2.05, 4.69) is 169 Å². The number of hydrogen-bond donors (Lipinski definition) is 0. The van der Waals surface area contributed by atoms with Crippen molar-refractivity contribution in [3.63, 3.8) is 0 Å². The zero-order valence-electron chi connectivity index (χ0n) is 37.3. The van der Waals surface area contributed by atoms with Crippen LogP contribution in [0.3, 0.4) is 0 Å². The number of hydrogen-bond acceptors (Lipinski definition) is 0. The first-order valence-electron chi connectivity index (χ1n) is 20.6. The second-order valence-electron chi connectivity index (χ2n) is 18.8. The first kappa shape index (κ1) is 52.4. The van der Waals surface area contributed by atoms with E-state index in [4.69, 9.17) is 0 Å². The molecular weight excluding hydrogens is 871 g/mol. The van der Waals surface area contributed by atoms with Gasteiger partial charge in [-0.05, 0) is 60.5 Å². The maximum absolute atomic E-state index is 3.06. The van der Waals surface area contributed by atoms with Crippen molar-refractivity contribution in [2.45, 2.75) is 117 Å². The maximum atomic E-state index is 3.06. The molecule has 0 amide bonds. The van der Waals surface area contributed by atoms with Gasteiger partial charge < -0.3 is 14.9 Å². The summed E-state index contributed by atoms with van der Waals surface area (Å²) in [4.78, 5) is 0. The monoisotopic (exact) mass is 938 g/mol. The van der Waals surface area contributed by atoms with Crippen LogP contribution in [0, 0.1) is 25.7 Å². The molecule has 2 aliphatic rings. The third kappa shape index (κ3) is 11.8. The average molecular weight is 942 g/mol. The number of benzene rings is 4. The Morgan fingerprint density at radius 1 is 0.534 bits per heavy atom. The first-order valence-corrected chi connectivity index (χ1v) is 31.8. The van der Waals surface area contributed by atoms with E-state index in [-0.39, 0.29) is 39.7 Å². The minimum atomic E-state index is -1.24. The van der Waals surface area contributed by atoms with Crippen molar-refractivity contribution in [1.29, 1.82) is 0 Å².